The van der Waals surface area contributed by atoms with Gasteiger partial charge in [-0.2, -0.15) is 0 Å². The largest absolute Gasteiger partial charge is 0.496 e. The Kier molecular flexibility index (Phi) is 4.30. The minimum atomic E-state index is 0.000787. The summed E-state index contributed by atoms with van der Waals surface area (Å²) in [5, 5.41) is 0. The van der Waals surface area contributed by atoms with Gasteiger partial charge in [0.2, 0.25) is 0 Å². The normalized spacial score (nSPS) is 19.1. The Hall–Kier alpha value is -1.71. The standard InChI is InChI=1S/C15H21NO3/c1-11-6-5-9-16(10-11)15(17)14-12(18-2)7-4-8-13(14)19-3/h4,7-8,11H,5-6,9-10H2,1-3H3. The van der Waals surface area contributed by atoms with Crippen LogP contribution in [0.4, 0.5) is 0 Å². The number of carbonyl (C=O) groups excluding carboxylic acids is 1. The van der Waals surface area contributed by atoms with Crippen LogP contribution in [0.2, 0.25) is 0 Å². The third kappa shape index (κ3) is 2.83. The maximum Gasteiger partial charge on any atom is 0.261 e. The average molecular weight is 263 g/mol. The van der Waals surface area contributed by atoms with Gasteiger partial charge in [-0.15, -0.1) is 0 Å². The molecule has 104 valence electrons. The number of benzene rings is 1. The zero-order valence-corrected chi connectivity index (χ0v) is 11.8. The van der Waals surface area contributed by atoms with Crippen molar-refractivity contribution in [1.29, 1.82) is 0 Å². The van der Waals surface area contributed by atoms with Gasteiger partial charge in [0.1, 0.15) is 17.1 Å². The van der Waals surface area contributed by atoms with Gasteiger partial charge in [0.05, 0.1) is 14.2 Å². The second-order valence-corrected chi connectivity index (χ2v) is 5.04. The first-order valence-electron chi connectivity index (χ1n) is 6.67. The Morgan fingerprint density at radius 3 is 2.42 bits per heavy atom. The second-order valence-electron chi connectivity index (χ2n) is 5.04. The molecular formula is C15H21NO3. The van der Waals surface area contributed by atoms with Gasteiger partial charge < -0.3 is 14.4 Å². The number of methoxy groups -OCH3 is 2. The van der Waals surface area contributed by atoms with Crippen molar-refractivity contribution >= 4 is 5.91 Å². The van der Waals surface area contributed by atoms with Crippen LogP contribution in [0.25, 0.3) is 0 Å². The van der Waals surface area contributed by atoms with E-state index in [1.165, 1.54) is 6.42 Å². The van der Waals surface area contributed by atoms with E-state index in [4.69, 9.17) is 9.47 Å². The smallest absolute Gasteiger partial charge is 0.261 e. The van der Waals surface area contributed by atoms with Crippen LogP contribution in [0.1, 0.15) is 30.1 Å². The van der Waals surface area contributed by atoms with Crippen LogP contribution in [0.5, 0.6) is 11.5 Å². The molecule has 1 amide bonds. The van der Waals surface area contributed by atoms with Crippen molar-refractivity contribution in [3.05, 3.63) is 23.8 Å². The third-order valence-electron chi connectivity index (χ3n) is 3.59. The molecule has 1 aliphatic rings. The first kappa shape index (κ1) is 13.7. The minimum absolute atomic E-state index is 0.000787. The first-order valence-corrected chi connectivity index (χ1v) is 6.67. The molecule has 0 N–H and O–H groups in total. The predicted molar refractivity (Wildman–Crippen MR) is 73.8 cm³/mol. The summed E-state index contributed by atoms with van der Waals surface area (Å²) in [7, 11) is 3.15. The van der Waals surface area contributed by atoms with Gasteiger partial charge in [0, 0.05) is 13.1 Å². The molecule has 1 aliphatic heterocycles. The predicted octanol–water partition coefficient (Wildman–Crippen LogP) is 2.58. The van der Waals surface area contributed by atoms with Gasteiger partial charge in [0.25, 0.3) is 5.91 Å². The van der Waals surface area contributed by atoms with Crippen LogP contribution >= 0.6 is 0 Å². The van der Waals surface area contributed by atoms with E-state index >= 15 is 0 Å². The first-order chi connectivity index (χ1) is 9.17. The monoisotopic (exact) mass is 263 g/mol. The molecule has 0 spiro atoms. The van der Waals surface area contributed by atoms with Crippen LogP contribution in [-0.2, 0) is 0 Å². The molecular weight excluding hydrogens is 242 g/mol. The molecule has 4 heteroatoms. The van der Waals surface area contributed by atoms with Crippen LogP contribution < -0.4 is 9.47 Å². The van der Waals surface area contributed by atoms with E-state index in [0.29, 0.717) is 23.0 Å². The number of piperidine rings is 1. The molecule has 0 aromatic heterocycles. The molecule has 0 saturated carbocycles. The summed E-state index contributed by atoms with van der Waals surface area (Å²) < 4.78 is 10.6. The van der Waals surface area contributed by atoms with E-state index in [2.05, 4.69) is 6.92 Å². The van der Waals surface area contributed by atoms with Crippen LogP contribution in [0, 0.1) is 5.92 Å². The summed E-state index contributed by atoms with van der Waals surface area (Å²) in [5.41, 5.74) is 0.529. The number of likely N-dealkylation sites (tertiary alicyclic amines) is 1. The highest BCUT2D eigenvalue weighted by atomic mass is 16.5. The molecule has 0 bridgehead atoms. The van der Waals surface area contributed by atoms with Gasteiger partial charge in [-0.1, -0.05) is 13.0 Å². The number of carbonyl (C=O) groups is 1. The van der Waals surface area contributed by atoms with E-state index in [-0.39, 0.29) is 5.91 Å². The van der Waals surface area contributed by atoms with Gasteiger partial charge >= 0.3 is 0 Å². The topological polar surface area (TPSA) is 38.8 Å². The lowest BCUT2D eigenvalue weighted by Gasteiger charge is -2.31. The molecule has 4 nitrogen and oxygen atoms in total. The summed E-state index contributed by atoms with van der Waals surface area (Å²) in [6.45, 7) is 3.79. The van der Waals surface area contributed by atoms with Crippen LogP contribution in [0.15, 0.2) is 18.2 Å². The molecule has 0 radical (unpaired) electrons. The van der Waals surface area contributed by atoms with Crippen molar-refractivity contribution in [3.63, 3.8) is 0 Å². The fraction of sp³-hybridized carbons (Fsp3) is 0.533. The molecule has 1 atom stereocenters. The molecule has 0 aliphatic carbocycles. The quantitative estimate of drug-likeness (QED) is 0.841. The van der Waals surface area contributed by atoms with Crippen molar-refractivity contribution < 1.29 is 14.3 Å². The van der Waals surface area contributed by atoms with Crippen molar-refractivity contribution in [2.24, 2.45) is 5.92 Å². The Balaban J connectivity index is 2.31. The van der Waals surface area contributed by atoms with Gasteiger partial charge in [-0.05, 0) is 30.9 Å². The average Bonchev–Trinajstić information content (AvgIpc) is 2.45. The summed E-state index contributed by atoms with van der Waals surface area (Å²) in [5.74, 6) is 1.70. The number of rotatable bonds is 3. The van der Waals surface area contributed by atoms with Crippen molar-refractivity contribution in [2.45, 2.75) is 19.8 Å². The van der Waals surface area contributed by atoms with E-state index in [9.17, 15) is 4.79 Å². The van der Waals surface area contributed by atoms with E-state index in [1.54, 1.807) is 26.4 Å². The highest BCUT2D eigenvalue weighted by molar-refractivity contribution is 5.99. The lowest BCUT2D eigenvalue weighted by molar-refractivity contribution is 0.0676. The molecule has 19 heavy (non-hydrogen) atoms. The Morgan fingerprint density at radius 2 is 1.89 bits per heavy atom. The zero-order valence-electron chi connectivity index (χ0n) is 11.8. The van der Waals surface area contributed by atoms with Crippen LogP contribution in [0.3, 0.4) is 0 Å². The summed E-state index contributed by atoms with van der Waals surface area (Å²) in [6, 6.07) is 5.42. The maximum atomic E-state index is 12.7. The number of nitrogens with zero attached hydrogens (tertiary/aromatic N) is 1. The third-order valence-corrected chi connectivity index (χ3v) is 3.59. The number of amides is 1. The van der Waals surface area contributed by atoms with Crippen molar-refractivity contribution in [2.75, 3.05) is 27.3 Å². The molecule has 2 rings (SSSR count). The van der Waals surface area contributed by atoms with Gasteiger partial charge in [0.15, 0.2) is 0 Å². The number of hydrogen-bond donors (Lipinski definition) is 0. The second kappa shape index (κ2) is 5.95. The summed E-state index contributed by atoms with van der Waals surface area (Å²) in [4.78, 5) is 14.6. The minimum Gasteiger partial charge on any atom is -0.496 e. The molecule has 1 aromatic carbocycles. The van der Waals surface area contributed by atoms with Crippen molar-refractivity contribution in [3.8, 4) is 11.5 Å². The number of hydrogen-bond acceptors (Lipinski definition) is 3. The molecule has 1 saturated heterocycles. The molecule has 1 fully saturated rings. The summed E-state index contributed by atoms with van der Waals surface area (Å²) >= 11 is 0. The fourth-order valence-electron chi connectivity index (χ4n) is 2.59. The molecule has 1 unspecified atom stereocenters. The Bertz CT molecular complexity index is 436. The fourth-order valence-corrected chi connectivity index (χ4v) is 2.59. The lowest BCUT2D eigenvalue weighted by Crippen LogP contribution is -2.39. The SMILES string of the molecule is COc1cccc(OC)c1C(=O)N1CCCC(C)C1. The lowest BCUT2D eigenvalue weighted by atomic mass is 9.99. The van der Waals surface area contributed by atoms with Gasteiger partial charge in [-0.3, -0.25) is 4.79 Å². The maximum absolute atomic E-state index is 12.7. The van der Waals surface area contributed by atoms with E-state index < -0.39 is 0 Å². The van der Waals surface area contributed by atoms with Crippen molar-refractivity contribution in [1.82, 2.24) is 4.90 Å². The highest BCUT2D eigenvalue weighted by Gasteiger charge is 2.26. The molecule has 1 aromatic rings. The molecule has 1 heterocycles. The Morgan fingerprint density at radius 1 is 1.26 bits per heavy atom. The Labute approximate surface area is 114 Å². The number of ether oxygens (including phenoxy) is 2. The zero-order chi connectivity index (χ0) is 13.8. The summed E-state index contributed by atoms with van der Waals surface area (Å²) in [6.07, 6.45) is 2.25. The highest BCUT2D eigenvalue weighted by Crippen LogP contribution is 2.30. The van der Waals surface area contributed by atoms with E-state index in [1.807, 2.05) is 11.0 Å². The van der Waals surface area contributed by atoms with Crippen LogP contribution in [-0.4, -0.2) is 38.1 Å². The van der Waals surface area contributed by atoms with E-state index in [0.717, 1.165) is 19.5 Å². The van der Waals surface area contributed by atoms with Gasteiger partial charge in [-0.25, -0.2) is 0 Å².